The van der Waals surface area contributed by atoms with E-state index < -0.39 is 0 Å². The molecule has 154 valence electrons. The van der Waals surface area contributed by atoms with Crippen LogP contribution in [0.25, 0.3) is 0 Å². The fourth-order valence-electron chi connectivity index (χ4n) is 4.48. The van der Waals surface area contributed by atoms with Crippen molar-refractivity contribution in [1.29, 1.82) is 0 Å². The van der Waals surface area contributed by atoms with E-state index >= 15 is 0 Å². The number of esters is 1. The van der Waals surface area contributed by atoms with Gasteiger partial charge in [0.15, 0.2) is 0 Å². The summed E-state index contributed by atoms with van der Waals surface area (Å²) >= 11 is 0. The van der Waals surface area contributed by atoms with Crippen molar-refractivity contribution < 1.29 is 19.3 Å². The maximum atomic E-state index is 11.6. The number of carbonyl (C=O) groups is 1. The van der Waals surface area contributed by atoms with E-state index in [1.165, 1.54) is 39.2 Å². The topological polar surface area (TPSA) is 44.8 Å². The maximum absolute atomic E-state index is 11.6. The fraction of sp³-hybridized carbons (Fsp3) is 0.955. The highest BCUT2D eigenvalue weighted by molar-refractivity contribution is 5.69. The van der Waals surface area contributed by atoms with Gasteiger partial charge in [-0.1, -0.05) is 66.7 Å². The monoisotopic (exact) mass is 370 g/mol. The van der Waals surface area contributed by atoms with Crippen molar-refractivity contribution in [2.24, 2.45) is 17.8 Å². The van der Waals surface area contributed by atoms with Crippen molar-refractivity contribution in [1.82, 2.24) is 0 Å². The van der Waals surface area contributed by atoms with Gasteiger partial charge < -0.3 is 4.74 Å². The second kappa shape index (κ2) is 12.0. The van der Waals surface area contributed by atoms with E-state index in [4.69, 9.17) is 14.5 Å². The fourth-order valence-corrected chi connectivity index (χ4v) is 4.48. The lowest BCUT2D eigenvalue weighted by Crippen LogP contribution is -2.46. The van der Waals surface area contributed by atoms with Gasteiger partial charge in [-0.05, 0) is 43.4 Å². The Morgan fingerprint density at radius 2 is 2.00 bits per heavy atom. The lowest BCUT2D eigenvalue weighted by molar-refractivity contribution is -0.424. The Hall–Kier alpha value is -0.610. The molecule has 4 nitrogen and oxygen atoms in total. The van der Waals surface area contributed by atoms with Gasteiger partial charge in [0, 0.05) is 0 Å². The Morgan fingerprint density at radius 1 is 1.27 bits per heavy atom. The highest BCUT2D eigenvalue weighted by Crippen LogP contribution is 2.41. The molecule has 5 atom stereocenters. The third-order valence-electron chi connectivity index (χ3n) is 6.27. The van der Waals surface area contributed by atoms with E-state index in [2.05, 4.69) is 34.6 Å². The van der Waals surface area contributed by atoms with Crippen molar-refractivity contribution in [2.75, 3.05) is 7.11 Å². The minimum absolute atomic E-state index is 0.185. The second-order valence-corrected chi connectivity index (χ2v) is 8.37. The van der Waals surface area contributed by atoms with Gasteiger partial charge in [0.2, 0.25) is 0 Å². The van der Waals surface area contributed by atoms with Crippen molar-refractivity contribution in [3.05, 3.63) is 0 Å². The molecule has 1 aliphatic rings. The predicted molar refractivity (Wildman–Crippen MR) is 106 cm³/mol. The van der Waals surface area contributed by atoms with E-state index in [-0.39, 0.29) is 24.1 Å². The summed E-state index contributed by atoms with van der Waals surface area (Å²) in [6, 6.07) is 0. The molecular weight excluding hydrogens is 328 g/mol. The van der Waals surface area contributed by atoms with Crippen LogP contribution in [0.2, 0.25) is 0 Å². The van der Waals surface area contributed by atoms with Gasteiger partial charge in [-0.25, -0.2) is 9.78 Å². The van der Waals surface area contributed by atoms with Crippen molar-refractivity contribution >= 4 is 5.97 Å². The molecule has 0 amide bonds. The van der Waals surface area contributed by atoms with Crippen LogP contribution in [0, 0.1) is 17.8 Å². The van der Waals surface area contributed by atoms with Gasteiger partial charge in [0.1, 0.15) is 11.7 Å². The first-order chi connectivity index (χ1) is 12.4. The van der Waals surface area contributed by atoms with Crippen LogP contribution in [-0.4, -0.2) is 24.8 Å². The standard InChI is InChI=1S/C22H42O4/c1-7-11-12-18(8-2)13-17(5)15-22(10-4)16-19(9-3)20(25-26-22)14-21(23)24-6/h17-20H,7-16H2,1-6H3/t17?,18?,19-,20-,22+/m0/s1. The van der Waals surface area contributed by atoms with Crippen molar-refractivity contribution in [3.8, 4) is 0 Å². The number of ether oxygens (including phenoxy) is 1. The third kappa shape index (κ3) is 7.19. The summed E-state index contributed by atoms with van der Waals surface area (Å²) in [5.74, 6) is 1.56. The van der Waals surface area contributed by atoms with Crippen LogP contribution in [0.5, 0.6) is 0 Å². The van der Waals surface area contributed by atoms with Crippen LogP contribution in [-0.2, 0) is 19.3 Å². The molecule has 1 aliphatic heterocycles. The lowest BCUT2D eigenvalue weighted by Gasteiger charge is -2.44. The van der Waals surface area contributed by atoms with Gasteiger partial charge in [-0.3, -0.25) is 4.79 Å². The first-order valence-corrected chi connectivity index (χ1v) is 10.8. The smallest absolute Gasteiger partial charge is 0.308 e. The molecule has 0 saturated carbocycles. The Morgan fingerprint density at radius 3 is 2.54 bits per heavy atom. The molecule has 1 saturated heterocycles. The Bertz CT molecular complexity index is 398. The van der Waals surface area contributed by atoms with E-state index in [1.807, 2.05) is 0 Å². The molecule has 0 bridgehead atoms. The van der Waals surface area contributed by atoms with E-state index in [0.29, 0.717) is 11.8 Å². The largest absolute Gasteiger partial charge is 0.469 e. The Balaban J connectivity index is 2.66. The zero-order chi connectivity index (χ0) is 19.6. The van der Waals surface area contributed by atoms with Gasteiger partial charge >= 0.3 is 5.97 Å². The zero-order valence-electron chi connectivity index (χ0n) is 18.0. The third-order valence-corrected chi connectivity index (χ3v) is 6.27. The molecule has 0 radical (unpaired) electrons. The summed E-state index contributed by atoms with van der Waals surface area (Å²) in [5.41, 5.74) is -0.213. The normalized spacial score (nSPS) is 28.5. The van der Waals surface area contributed by atoms with Crippen LogP contribution < -0.4 is 0 Å². The average molecular weight is 371 g/mol. The van der Waals surface area contributed by atoms with Gasteiger partial charge in [-0.2, -0.15) is 0 Å². The predicted octanol–water partition coefficient (Wildman–Crippen LogP) is 6.08. The van der Waals surface area contributed by atoms with Gasteiger partial charge in [-0.15, -0.1) is 0 Å². The van der Waals surface area contributed by atoms with Gasteiger partial charge in [0.05, 0.1) is 13.5 Å². The molecule has 26 heavy (non-hydrogen) atoms. The van der Waals surface area contributed by atoms with Crippen LogP contribution in [0.3, 0.4) is 0 Å². The summed E-state index contributed by atoms with van der Waals surface area (Å²) in [6.07, 6.45) is 10.5. The quantitative estimate of drug-likeness (QED) is 0.308. The molecule has 1 heterocycles. The molecule has 0 aliphatic carbocycles. The molecular formula is C22H42O4. The molecule has 1 fully saturated rings. The number of methoxy groups -OCH3 is 1. The highest BCUT2D eigenvalue weighted by atomic mass is 17.2. The molecule has 2 unspecified atom stereocenters. The van der Waals surface area contributed by atoms with E-state index in [1.54, 1.807) is 0 Å². The minimum atomic E-state index is -0.226. The number of hydrogen-bond acceptors (Lipinski definition) is 4. The first kappa shape index (κ1) is 23.4. The Labute approximate surface area is 161 Å². The lowest BCUT2D eigenvalue weighted by atomic mass is 9.75. The van der Waals surface area contributed by atoms with Crippen molar-refractivity contribution in [3.63, 3.8) is 0 Å². The van der Waals surface area contributed by atoms with Crippen molar-refractivity contribution in [2.45, 2.75) is 111 Å². The number of unbranched alkanes of at least 4 members (excludes halogenated alkanes) is 1. The van der Waals surface area contributed by atoms with E-state index in [9.17, 15) is 4.79 Å². The summed E-state index contributed by atoms with van der Waals surface area (Å²) in [6.45, 7) is 11.3. The Kier molecular flexibility index (Phi) is 10.8. The number of carbonyl (C=O) groups excluding carboxylic acids is 1. The maximum Gasteiger partial charge on any atom is 0.308 e. The summed E-state index contributed by atoms with van der Waals surface area (Å²) in [5, 5.41) is 0. The molecule has 0 N–H and O–H groups in total. The number of hydrogen-bond donors (Lipinski definition) is 0. The molecule has 1 rings (SSSR count). The molecule has 4 heteroatoms. The summed E-state index contributed by atoms with van der Waals surface area (Å²) in [7, 11) is 1.42. The van der Waals surface area contributed by atoms with Crippen LogP contribution in [0.15, 0.2) is 0 Å². The second-order valence-electron chi connectivity index (χ2n) is 8.37. The zero-order valence-corrected chi connectivity index (χ0v) is 18.0. The molecule has 0 aromatic carbocycles. The van der Waals surface area contributed by atoms with Crippen LogP contribution >= 0.6 is 0 Å². The minimum Gasteiger partial charge on any atom is -0.469 e. The van der Waals surface area contributed by atoms with Gasteiger partial charge in [0.25, 0.3) is 0 Å². The molecule has 0 spiro atoms. The molecule has 0 aromatic rings. The average Bonchev–Trinajstić information content (AvgIpc) is 2.66. The van der Waals surface area contributed by atoms with Crippen LogP contribution in [0.4, 0.5) is 0 Å². The summed E-state index contributed by atoms with van der Waals surface area (Å²) in [4.78, 5) is 23.4. The SMILES string of the molecule is CCCCC(CC)CC(C)C[C@]1(CC)C[C@H](CC)[C@H](CC(=O)OC)OO1. The van der Waals surface area contributed by atoms with Crippen LogP contribution in [0.1, 0.15) is 98.8 Å². The molecule has 0 aromatic heterocycles. The first-order valence-electron chi connectivity index (χ1n) is 10.8. The highest BCUT2D eigenvalue weighted by Gasteiger charge is 2.43. The summed E-state index contributed by atoms with van der Waals surface area (Å²) < 4.78 is 4.80. The number of rotatable bonds is 12. The van der Waals surface area contributed by atoms with E-state index in [0.717, 1.165) is 31.6 Å².